The number of hydrogen-bond acceptors (Lipinski definition) is 2. The van der Waals surface area contributed by atoms with E-state index in [1.807, 2.05) is 6.07 Å². The molecule has 118 valence electrons. The number of aromatic nitrogens is 2. The Morgan fingerprint density at radius 2 is 1.78 bits per heavy atom. The molecule has 3 rings (SSSR count). The van der Waals surface area contributed by atoms with Gasteiger partial charge in [-0.1, -0.05) is 18.2 Å². The number of H-pyrrole nitrogens is 1. The second-order valence-corrected chi connectivity index (χ2v) is 5.85. The van der Waals surface area contributed by atoms with Crippen LogP contribution in [0.5, 0.6) is 0 Å². The average molecular weight is 309 g/mol. The largest absolute Gasteiger partial charge is 0.329 e. The molecule has 0 radical (unpaired) electrons. The number of nitrogens with zero attached hydrogens (tertiary/aromatic N) is 1. The standard InChI is InChI=1S/C19H20FN3/c1-12-3-4-15(9-13(12)2)17(11-21)19-10-18(22-23-19)14-5-7-16(20)8-6-14/h3-10,17H,11,21H2,1-2H3,(H,22,23). The van der Waals surface area contributed by atoms with Crippen LogP contribution in [0.15, 0.2) is 48.5 Å². The van der Waals surface area contributed by atoms with Gasteiger partial charge in [0, 0.05) is 23.7 Å². The van der Waals surface area contributed by atoms with Crippen LogP contribution in [0, 0.1) is 19.7 Å². The van der Waals surface area contributed by atoms with Crippen molar-refractivity contribution in [2.75, 3.05) is 6.54 Å². The molecule has 4 heteroatoms. The van der Waals surface area contributed by atoms with Gasteiger partial charge in [-0.05, 0) is 60.9 Å². The van der Waals surface area contributed by atoms with Gasteiger partial charge in [0.25, 0.3) is 0 Å². The first-order valence-electron chi connectivity index (χ1n) is 7.67. The van der Waals surface area contributed by atoms with Crippen LogP contribution in [0.4, 0.5) is 4.39 Å². The Kier molecular flexibility index (Phi) is 4.26. The summed E-state index contributed by atoms with van der Waals surface area (Å²) in [5.41, 5.74) is 12.3. The molecule has 0 spiro atoms. The summed E-state index contributed by atoms with van der Waals surface area (Å²) in [7, 11) is 0. The molecule has 3 aromatic rings. The van der Waals surface area contributed by atoms with E-state index in [1.165, 1.54) is 28.8 Å². The summed E-state index contributed by atoms with van der Waals surface area (Å²) in [6, 6.07) is 14.7. The molecular weight excluding hydrogens is 289 g/mol. The van der Waals surface area contributed by atoms with E-state index in [1.54, 1.807) is 12.1 Å². The monoisotopic (exact) mass is 309 g/mol. The van der Waals surface area contributed by atoms with Crippen LogP contribution in [0.25, 0.3) is 11.3 Å². The first-order valence-corrected chi connectivity index (χ1v) is 7.67. The first kappa shape index (κ1) is 15.4. The van der Waals surface area contributed by atoms with Crippen molar-refractivity contribution in [3.8, 4) is 11.3 Å². The fourth-order valence-corrected chi connectivity index (χ4v) is 2.71. The van der Waals surface area contributed by atoms with Crippen molar-refractivity contribution in [1.29, 1.82) is 0 Å². The second kappa shape index (κ2) is 6.34. The normalized spacial score (nSPS) is 12.3. The molecule has 0 fully saturated rings. The molecule has 2 aromatic carbocycles. The average Bonchev–Trinajstić information content (AvgIpc) is 3.02. The molecule has 0 bridgehead atoms. The van der Waals surface area contributed by atoms with Crippen LogP contribution in [0.3, 0.4) is 0 Å². The maximum absolute atomic E-state index is 13.0. The number of rotatable bonds is 4. The zero-order valence-electron chi connectivity index (χ0n) is 13.3. The maximum Gasteiger partial charge on any atom is 0.123 e. The Bertz CT molecular complexity index is 806. The lowest BCUT2D eigenvalue weighted by molar-refractivity contribution is 0.628. The van der Waals surface area contributed by atoms with Gasteiger partial charge in [0.2, 0.25) is 0 Å². The van der Waals surface area contributed by atoms with E-state index in [4.69, 9.17) is 5.73 Å². The minimum atomic E-state index is -0.250. The van der Waals surface area contributed by atoms with Gasteiger partial charge in [0.1, 0.15) is 5.82 Å². The zero-order valence-corrected chi connectivity index (χ0v) is 13.3. The smallest absolute Gasteiger partial charge is 0.123 e. The number of nitrogens with two attached hydrogens (primary N) is 1. The number of benzene rings is 2. The van der Waals surface area contributed by atoms with Crippen molar-refractivity contribution in [2.45, 2.75) is 19.8 Å². The summed E-state index contributed by atoms with van der Waals surface area (Å²) in [5, 5.41) is 7.43. The van der Waals surface area contributed by atoms with E-state index < -0.39 is 0 Å². The lowest BCUT2D eigenvalue weighted by atomic mass is 9.92. The lowest BCUT2D eigenvalue weighted by Gasteiger charge is -2.14. The Hall–Kier alpha value is -2.46. The highest BCUT2D eigenvalue weighted by Gasteiger charge is 2.16. The van der Waals surface area contributed by atoms with Crippen molar-refractivity contribution in [1.82, 2.24) is 10.2 Å². The molecule has 0 saturated heterocycles. The Morgan fingerprint density at radius 3 is 2.43 bits per heavy atom. The van der Waals surface area contributed by atoms with Gasteiger partial charge in [-0.2, -0.15) is 5.10 Å². The van der Waals surface area contributed by atoms with Crippen molar-refractivity contribution < 1.29 is 4.39 Å². The molecule has 0 saturated carbocycles. The van der Waals surface area contributed by atoms with Crippen molar-refractivity contribution >= 4 is 0 Å². The van der Waals surface area contributed by atoms with Gasteiger partial charge in [-0.25, -0.2) is 4.39 Å². The highest BCUT2D eigenvalue weighted by molar-refractivity contribution is 5.59. The summed E-state index contributed by atoms with van der Waals surface area (Å²) >= 11 is 0. The third-order valence-corrected chi connectivity index (χ3v) is 4.28. The highest BCUT2D eigenvalue weighted by Crippen LogP contribution is 2.27. The van der Waals surface area contributed by atoms with Crippen LogP contribution in [-0.4, -0.2) is 16.7 Å². The molecule has 3 nitrogen and oxygen atoms in total. The van der Waals surface area contributed by atoms with Crippen LogP contribution in [0.2, 0.25) is 0 Å². The van der Waals surface area contributed by atoms with Crippen molar-refractivity contribution in [3.63, 3.8) is 0 Å². The fourth-order valence-electron chi connectivity index (χ4n) is 2.71. The molecule has 0 aliphatic heterocycles. The molecule has 1 atom stereocenters. The number of nitrogens with one attached hydrogen (secondary N) is 1. The van der Waals surface area contributed by atoms with Gasteiger partial charge in [0.15, 0.2) is 0 Å². The van der Waals surface area contributed by atoms with E-state index >= 15 is 0 Å². The highest BCUT2D eigenvalue weighted by atomic mass is 19.1. The number of aryl methyl sites for hydroxylation is 2. The van der Waals surface area contributed by atoms with E-state index in [9.17, 15) is 4.39 Å². The van der Waals surface area contributed by atoms with Gasteiger partial charge in [-0.3, -0.25) is 5.10 Å². The maximum atomic E-state index is 13.0. The predicted molar refractivity (Wildman–Crippen MR) is 90.8 cm³/mol. The van der Waals surface area contributed by atoms with Crippen LogP contribution in [-0.2, 0) is 0 Å². The van der Waals surface area contributed by atoms with Gasteiger partial charge < -0.3 is 5.73 Å². The van der Waals surface area contributed by atoms with Gasteiger partial charge in [0.05, 0.1) is 5.69 Å². The van der Waals surface area contributed by atoms with Crippen molar-refractivity contribution in [3.05, 3.63) is 76.7 Å². The molecule has 3 N–H and O–H groups in total. The minimum Gasteiger partial charge on any atom is -0.329 e. The number of aromatic amines is 1. The van der Waals surface area contributed by atoms with Crippen LogP contribution < -0.4 is 5.73 Å². The van der Waals surface area contributed by atoms with Gasteiger partial charge in [-0.15, -0.1) is 0 Å². The Labute approximate surface area is 135 Å². The number of hydrogen-bond donors (Lipinski definition) is 2. The third kappa shape index (κ3) is 3.17. The first-order chi connectivity index (χ1) is 11.1. The zero-order chi connectivity index (χ0) is 16.4. The third-order valence-electron chi connectivity index (χ3n) is 4.28. The summed E-state index contributed by atoms with van der Waals surface area (Å²) in [6.07, 6.45) is 0. The Balaban J connectivity index is 1.93. The Morgan fingerprint density at radius 1 is 1.04 bits per heavy atom. The fraction of sp³-hybridized carbons (Fsp3) is 0.211. The van der Waals surface area contributed by atoms with E-state index in [2.05, 4.69) is 42.2 Å². The SMILES string of the molecule is Cc1ccc(C(CN)c2cc(-c3ccc(F)cc3)n[nH]2)cc1C. The molecular formula is C19H20FN3. The summed E-state index contributed by atoms with van der Waals surface area (Å²) in [4.78, 5) is 0. The molecule has 23 heavy (non-hydrogen) atoms. The van der Waals surface area contributed by atoms with E-state index in [0.717, 1.165) is 17.0 Å². The molecule has 1 aromatic heterocycles. The van der Waals surface area contributed by atoms with Crippen molar-refractivity contribution in [2.24, 2.45) is 5.73 Å². The molecule has 1 unspecified atom stereocenters. The molecule has 0 amide bonds. The minimum absolute atomic E-state index is 0.0657. The lowest BCUT2D eigenvalue weighted by Crippen LogP contribution is -2.14. The molecule has 1 heterocycles. The summed E-state index contributed by atoms with van der Waals surface area (Å²) < 4.78 is 13.0. The molecule has 0 aliphatic rings. The predicted octanol–water partition coefficient (Wildman–Crippen LogP) is 3.92. The quantitative estimate of drug-likeness (QED) is 0.767. The summed E-state index contributed by atoms with van der Waals surface area (Å²) in [5.74, 6) is -0.185. The van der Waals surface area contributed by atoms with E-state index in [-0.39, 0.29) is 11.7 Å². The summed E-state index contributed by atoms with van der Waals surface area (Å²) in [6.45, 7) is 4.69. The molecule has 0 aliphatic carbocycles. The van der Waals surface area contributed by atoms with Crippen LogP contribution in [0.1, 0.15) is 28.3 Å². The van der Waals surface area contributed by atoms with Crippen LogP contribution >= 0.6 is 0 Å². The van der Waals surface area contributed by atoms with Gasteiger partial charge >= 0.3 is 0 Å². The number of halogens is 1. The topological polar surface area (TPSA) is 54.7 Å². The van der Waals surface area contributed by atoms with E-state index in [0.29, 0.717) is 6.54 Å². The second-order valence-electron chi connectivity index (χ2n) is 5.85.